The zero-order valence-corrected chi connectivity index (χ0v) is 12.5. The van der Waals surface area contributed by atoms with Crippen LogP contribution in [0.5, 0.6) is 0 Å². The van der Waals surface area contributed by atoms with E-state index in [0.29, 0.717) is 6.54 Å². The van der Waals surface area contributed by atoms with Crippen molar-refractivity contribution in [3.63, 3.8) is 0 Å². The molecular weight excluding hydrogens is 260 g/mol. The normalized spacial score (nSPS) is 10.6. The molecule has 2 aromatic carbocycles. The molecule has 0 saturated heterocycles. The van der Waals surface area contributed by atoms with Crippen LogP contribution in [0.25, 0.3) is 0 Å². The third-order valence-electron chi connectivity index (χ3n) is 3.30. The fraction of sp³-hybridized carbons (Fsp3) is 0.278. The second-order valence-corrected chi connectivity index (χ2v) is 5.16. The Kier molecular flexibility index (Phi) is 5.98. The molecule has 0 atom stereocenters. The molecule has 3 heteroatoms. The molecule has 2 aromatic rings. The van der Waals surface area contributed by atoms with Gasteiger partial charge >= 0.3 is 0 Å². The van der Waals surface area contributed by atoms with E-state index in [-0.39, 0.29) is 5.91 Å². The number of carbonyl (C=O) groups is 1. The number of nitrogens with one attached hydrogen (secondary N) is 1. The number of hydrogen-bond donors (Lipinski definition) is 1. The van der Waals surface area contributed by atoms with E-state index < -0.39 is 0 Å². The maximum atomic E-state index is 11.0. The summed E-state index contributed by atoms with van der Waals surface area (Å²) in [6.07, 6.45) is 0. The third-order valence-corrected chi connectivity index (χ3v) is 3.30. The average molecular weight is 282 g/mol. The lowest BCUT2D eigenvalue weighted by Crippen LogP contribution is -2.33. The molecule has 0 aliphatic heterocycles. The highest BCUT2D eigenvalue weighted by Crippen LogP contribution is 2.09. The van der Waals surface area contributed by atoms with E-state index in [1.807, 2.05) is 12.1 Å². The Morgan fingerprint density at radius 3 is 1.81 bits per heavy atom. The van der Waals surface area contributed by atoms with E-state index in [9.17, 15) is 4.79 Å². The SMILES string of the molecule is CC(=O)NCCN(Cc1ccccc1)Cc1ccccc1. The van der Waals surface area contributed by atoms with E-state index in [1.165, 1.54) is 11.1 Å². The molecule has 0 spiro atoms. The molecule has 0 aliphatic carbocycles. The van der Waals surface area contributed by atoms with Gasteiger partial charge in [0, 0.05) is 33.1 Å². The topological polar surface area (TPSA) is 32.3 Å². The van der Waals surface area contributed by atoms with Crippen molar-refractivity contribution in [3.05, 3.63) is 71.8 Å². The lowest BCUT2D eigenvalue weighted by Gasteiger charge is -2.22. The van der Waals surface area contributed by atoms with Gasteiger partial charge in [-0.2, -0.15) is 0 Å². The highest BCUT2D eigenvalue weighted by molar-refractivity contribution is 5.72. The highest BCUT2D eigenvalue weighted by atomic mass is 16.1. The zero-order valence-electron chi connectivity index (χ0n) is 12.5. The predicted molar refractivity (Wildman–Crippen MR) is 85.7 cm³/mol. The van der Waals surface area contributed by atoms with Gasteiger partial charge in [-0.15, -0.1) is 0 Å². The summed E-state index contributed by atoms with van der Waals surface area (Å²) in [5.41, 5.74) is 2.58. The molecule has 0 aliphatic rings. The van der Waals surface area contributed by atoms with Crippen molar-refractivity contribution in [2.45, 2.75) is 20.0 Å². The van der Waals surface area contributed by atoms with E-state index in [0.717, 1.165) is 19.6 Å². The van der Waals surface area contributed by atoms with Crippen molar-refractivity contribution in [1.82, 2.24) is 10.2 Å². The van der Waals surface area contributed by atoms with Crippen LogP contribution >= 0.6 is 0 Å². The average Bonchev–Trinajstić information content (AvgIpc) is 2.49. The first kappa shape index (κ1) is 15.3. The monoisotopic (exact) mass is 282 g/mol. The van der Waals surface area contributed by atoms with Crippen LogP contribution in [0.1, 0.15) is 18.1 Å². The highest BCUT2D eigenvalue weighted by Gasteiger charge is 2.07. The minimum atomic E-state index is 0.0226. The van der Waals surface area contributed by atoms with E-state index in [2.05, 4.69) is 58.7 Å². The van der Waals surface area contributed by atoms with Crippen molar-refractivity contribution in [3.8, 4) is 0 Å². The van der Waals surface area contributed by atoms with Crippen molar-refractivity contribution >= 4 is 5.91 Å². The van der Waals surface area contributed by atoms with E-state index in [4.69, 9.17) is 0 Å². The van der Waals surface area contributed by atoms with Crippen LogP contribution in [0.3, 0.4) is 0 Å². The minimum absolute atomic E-state index is 0.0226. The second-order valence-electron chi connectivity index (χ2n) is 5.16. The molecule has 2 rings (SSSR count). The smallest absolute Gasteiger partial charge is 0.216 e. The Morgan fingerprint density at radius 1 is 0.905 bits per heavy atom. The van der Waals surface area contributed by atoms with Crippen molar-refractivity contribution in [1.29, 1.82) is 0 Å². The molecule has 1 N–H and O–H groups in total. The van der Waals surface area contributed by atoms with Gasteiger partial charge < -0.3 is 5.32 Å². The van der Waals surface area contributed by atoms with Crippen molar-refractivity contribution in [2.75, 3.05) is 13.1 Å². The molecule has 0 heterocycles. The molecule has 0 bridgehead atoms. The van der Waals surface area contributed by atoms with Crippen LogP contribution < -0.4 is 5.32 Å². The van der Waals surface area contributed by atoms with Crippen LogP contribution in [0.4, 0.5) is 0 Å². The van der Waals surface area contributed by atoms with Gasteiger partial charge in [-0.1, -0.05) is 60.7 Å². The Balaban J connectivity index is 1.97. The summed E-state index contributed by atoms with van der Waals surface area (Å²) >= 11 is 0. The van der Waals surface area contributed by atoms with Gasteiger partial charge in [-0.25, -0.2) is 0 Å². The molecule has 0 aromatic heterocycles. The summed E-state index contributed by atoms with van der Waals surface area (Å²) in [7, 11) is 0. The molecular formula is C18H22N2O. The number of benzene rings is 2. The second kappa shape index (κ2) is 8.22. The number of hydrogen-bond acceptors (Lipinski definition) is 2. The summed E-state index contributed by atoms with van der Waals surface area (Å²) in [6.45, 7) is 4.84. The Labute approximate surface area is 126 Å². The molecule has 3 nitrogen and oxygen atoms in total. The summed E-state index contributed by atoms with van der Waals surface area (Å²) < 4.78 is 0. The van der Waals surface area contributed by atoms with Crippen LogP contribution in [0, 0.1) is 0 Å². The summed E-state index contributed by atoms with van der Waals surface area (Å²) in [4.78, 5) is 13.4. The van der Waals surface area contributed by atoms with Crippen molar-refractivity contribution < 1.29 is 4.79 Å². The standard InChI is InChI=1S/C18H22N2O/c1-16(21)19-12-13-20(14-17-8-4-2-5-9-17)15-18-10-6-3-7-11-18/h2-11H,12-15H2,1H3,(H,19,21). The van der Waals surface area contributed by atoms with Gasteiger partial charge in [-0.05, 0) is 11.1 Å². The van der Waals surface area contributed by atoms with Gasteiger partial charge in [0.25, 0.3) is 0 Å². The largest absolute Gasteiger partial charge is 0.355 e. The summed E-state index contributed by atoms with van der Waals surface area (Å²) in [6, 6.07) is 20.8. The maximum Gasteiger partial charge on any atom is 0.216 e. The maximum absolute atomic E-state index is 11.0. The van der Waals surface area contributed by atoms with Crippen LogP contribution in [0.15, 0.2) is 60.7 Å². The van der Waals surface area contributed by atoms with Gasteiger partial charge in [0.05, 0.1) is 0 Å². The molecule has 0 radical (unpaired) electrons. The van der Waals surface area contributed by atoms with Crippen LogP contribution in [-0.4, -0.2) is 23.9 Å². The number of nitrogens with zero attached hydrogens (tertiary/aromatic N) is 1. The Morgan fingerprint density at radius 2 is 1.38 bits per heavy atom. The summed E-state index contributed by atoms with van der Waals surface area (Å²) in [5, 5.41) is 2.87. The zero-order chi connectivity index (χ0) is 14.9. The molecule has 0 unspecified atom stereocenters. The van der Waals surface area contributed by atoms with Crippen LogP contribution in [-0.2, 0) is 17.9 Å². The van der Waals surface area contributed by atoms with Gasteiger partial charge in [0.15, 0.2) is 0 Å². The Hall–Kier alpha value is -2.13. The minimum Gasteiger partial charge on any atom is -0.355 e. The van der Waals surface area contributed by atoms with E-state index in [1.54, 1.807) is 6.92 Å². The third kappa shape index (κ3) is 5.79. The predicted octanol–water partition coefficient (Wildman–Crippen LogP) is 2.82. The first-order chi connectivity index (χ1) is 10.2. The number of amides is 1. The molecule has 110 valence electrons. The molecule has 0 saturated carbocycles. The van der Waals surface area contributed by atoms with Crippen molar-refractivity contribution in [2.24, 2.45) is 0 Å². The van der Waals surface area contributed by atoms with Gasteiger partial charge in [0.1, 0.15) is 0 Å². The van der Waals surface area contributed by atoms with E-state index >= 15 is 0 Å². The summed E-state index contributed by atoms with van der Waals surface area (Å²) in [5.74, 6) is 0.0226. The Bertz CT molecular complexity index is 498. The quantitative estimate of drug-likeness (QED) is 0.847. The molecule has 21 heavy (non-hydrogen) atoms. The fourth-order valence-electron chi connectivity index (χ4n) is 2.29. The lowest BCUT2D eigenvalue weighted by molar-refractivity contribution is -0.119. The number of rotatable bonds is 7. The molecule has 1 amide bonds. The fourth-order valence-corrected chi connectivity index (χ4v) is 2.29. The van der Waals surface area contributed by atoms with Gasteiger partial charge in [-0.3, -0.25) is 9.69 Å². The lowest BCUT2D eigenvalue weighted by atomic mass is 10.1. The molecule has 0 fully saturated rings. The first-order valence-corrected chi connectivity index (χ1v) is 7.28. The first-order valence-electron chi connectivity index (χ1n) is 7.28. The van der Waals surface area contributed by atoms with Crippen LogP contribution in [0.2, 0.25) is 0 Å². The number of carbonyl (C=O) groups excluding carboxylic acids is 1. The van der Waals surface area contributed by atoms with Gasteiger partial charge in [0.2, 0.25) is 5.91 Å².